The van der Waals surface area contributed by atoms with Crippen LogP contribution in [0.4, 0.5) is 0 Å². The van der Waals surface area contributed by atoms with E-state index in [0.717, 1.165) is 43.6 Å². The van der Waals surface area contributed by atoms with Gasteiger partial charge in [0.25, 0.3) is 0 Å². The Balaban J connectivity index is 1.43. The van der Waals surface area contributed by atoms with Crippen molar-refractivity contribution in [3.8, 4) is 11.5 Å². The third kappa shape index (κ3) is 4.29. The first-order valence-electron chi connectivity index (χ1n) is 10.2. The summed E-state index contributed by atoms with van der Waals surface area (Å²) in [6.07, 6.45) is 10.8. The molecule has 0 N–H and O–H groups in total. The van der Waals surface area contributed by atoms with Gasteiger partial charge in [0.2, 0.25) is 0 Å². The van der Waals surface area contributed by atoms with Gasteiger partial charge in [0.1, 0.15) is 17.3 Å². The van der Waals surface area contributed by atoms with Crippen LogP contribution in [0.5, 0.6) is 11.5 Å². The number of imidazole rings is 1. The number of ether oxygens (including phenoxy) is 2. The molecule has 0 unspecified atom stereocenters. The smallest absolute Gasteiger partial charge is 0.122 e. The second kappa shape index (κ2) is 8.34. The minimum atomic E-state index is 0.529. The number of benzene rings is 1. The van der Waals surface area contributed by atoms with E-state index in [9.17, 15) is 0 Å². The lowest BCUT2D eigenvalue weighted by atomic mass is 9.85. The van der Waals surface area contributed by atoms with Gasteiger partial charge in [-0.3, -0.25) is 4.90 Å². The Bertz CT molecular complexity index is 732. The van der Waals surface area contributed by atoms with Gasteiger partial charge in [-0.1, -0.05) is 6.42 Å². The van der Waals surface area contributed by atoms with Crippen LogP contribution in [0.3, 0.4) is 0 Å². The van der Waals surface area contributed by atoms with Crippen molar-refractivity contribution in [3.05, 3.63) is 42.0 Å². The maximum absolute atomic E-state index is 5.42. The molecule has 1 aromatic carbocycles. The van der Waals surface area contributed by atoms with Crippen LogP contribution in [0, 0.1) is 5.92 Å². The molecule has 0 amide bonds. The molecule has 5 nitrogen and oxygen atoms in total. The molecule has 2 fully saturated rings. The normalized spacial score (nSPS) is 21.0. The summed E-state index contributed by atoms with van der Waals surface area (Å²) >= 11 is 0. The van der Waals surface area contributed by atoms with Gasteiger partial charge in [-0.15, -0.1) is 0 Å². The Morgan fingerprint density at radius 1 is 1.04 bits per heavy atom. The molecule has 0 bridgehead atoms. The molecule has 1 saturated carbocycles. The third-order valence-electron chi connectivity index (χ3n) is 6.12. The van der Waals surface area contributed by atoms with Gasteiger partial charge in [0.15, 0.2) is 0 Å². The molecule has 1 aromatic heterocycles. The number of nitrogens with zero attached hydrogens (tertiary/aromatic N) is 3. The first kappa shape index (κ1) is 18.4. The average Bonchev–Trinajstić information content (AvgIpc) is 3.13. The van der Waals surface area contributed by atoms with Gasteiger partial charge < -0.3 is 14.0 Å². The fourth-order valence-corrected chi connectivity index (χ4v) is 4.41. The molecule has 2 aromatic rings. The van der Waals surface area contributed by atoms with E-state index >= 15 is 0 Å². The van der Waals surface area contributed by atoms with E-state index in [0.29, 0.717) is 5.92 Å². The summed E-state index contributed by atoms with van der Waals surface area (Å²) in [6, 6.07) is 6.16. The second-order valence-corrected chi connectivity index (χ2v) is 8.03. The largest absolute Gasteiger partial charge is 0.497 e. The molecule has 1 saturated heterocycles. The van der Waals surface area contributed by atoms with Gasteiger partial charge in [-0.2, -0.15) is 0 Å². The van der Waals surface area contributed by atoms with Crippen LogP contribution in [0.1, 0.15) is 49.4 Å². The summed E-state index contributed by atoms with van der Waals surface area (Å²) < 4.78 is 13.3. The lowest BCUT2D eigenvalue weighted by molar-refractivity contribution is 0.191. The van der Waals surface area contributed by atoms with E-state index in [1.807, 2.05) is 12.3 Å². The average molecular weight is 370 g/mol. The Hall–Kier alpha value is -2.01. The molecule has 0 spiro atoms. The van der Waals surface area contributed by atoms with Gasteiger partial charge in [-0.05, 0) is 55.8 Å². The van der Waals surface area contributed by atoms with Crippen molar-refractivity contribution in [1.82, 2.24) is 14.5 Å². The number of hydrogen-bond acceptors (Lipinski definition) is 4. The van der Waals surface area contributed by atoms with Crippen LogP contribution in [0.2, 0.25) is 0 Å². The predicted octanol–water partition coefficient (Wildman–Crippen LogP) is 4.08. The van der Waals surface area contributed by atoms with E-state index in [1.54, 1.807) is 14.2 Å². The van der Waals surface area contributed by atoms with Crippen molar-refractivity contribution in [2.45, 2.75) is 51.1 Å². The first-order valence-corrected chi connectivity index (χ1v) is 10.2. The molecular weight excluding hydrogens is 338 g/mol. The Kier molecular flexibility index (Phi) is 5.67. The van der Waals surface area contributed by atoms with Crippen LogP contribution in [-0.4, -0.2) is 41.8 Å². The van der Waals surface area contributed by atoms with E-state index in [-0.39, 0.29) is 0 Å². The van der Waals surface area contributed by atoms with E-state index in [1.165, 1.54) is 43.5 Å². The number of methoxy groups -OCH3 is 2. The number of aromatic nitrogens is 2. The van der Waals surface area contributed by atoms with Crippen LogP contribution in [0.25, 0.3) is 0 Å². The van der Waals surface area contributed by atoms with Gasteiger partial charge >= 0.3 is 0 Å². The molecule has 2 heterocycles. The van der Waals surface area contributed by atoms with E-state index in [4.69, 9.17) is 14.5 Å². The highest BCUT2D eigenvalue weighted by Gasteiger charge is 2.26. The highest BCUT2D eigenvalue weighted by atomic mass is 16.5. The molecule has 1 aliphatic heterocycles. The van der Waals surface area contributed by atoms with Crippen molar-refractivity contribution in [2.24, 2.45) is 5.92 Å². The summed E-state index contributed by atoms with van der Waals surface area (Å²) in [5.41, 5.74) is 1.24. The molecule has 146 valence electrons. The minimum absolute atomic E-state index is 0.529. The summed E-state index contributed by atoms with van der Waals surface area (Å²) in [5.74, 6) is 4.39. The summed E-state index contributed by atoms with van der Waals surface area (Å²) in [7, 11) is 3.41. The first-order chi connectivity index (χ1) is 13.2. The van der Waals surface area contributed by atoms with Crippen LogP contribution in [0.15, 0.2) is 30.6 Å². The highest BCUT2D eigenvalue weighted by molar-refractivity contribution is 5.38. The topological polar surface area (TPSA) is 39.5 Å². The van der Waals surface area contributed by atoms with E-state index < -0.39 is 0 Å². The zero-order valence-corrected chi connectivity index (χ0v) is 16.6. The van der Waals surface area contributed by atoms with Crippen LogP contribution < -0.4 is 9.47 Å². The fourth-order valence-electron chi connectivity index (χ4n) is 4.41. The maximum atomic E-state index is 5.42. The van der Waals surface area contributed by atoms with E-state index in [2.05, 4.69) is 27.8 Å². The molecule has 1 atom stereocenters. The van der Waals surface area contributed by atoms with Crippen molar-refractivity contribution < 1.29 is 9.47 Å². The zero-order chi connectivity index (χ0) is 18.6. The summed E-state index contributed by atoms with van der Waals surface area (Å²) in [6.45, 7) is 4.28. The third-order valence-corrected chi connectivity index (χ3v) is 6.12. The number of likely N-dealkylation sites (tertiary alicyclic amines) is 1. The van der Waals surface area contributed by atoms with Gasteiger partial charge in [-0.25, -0.2) is 4.98 Å². The predicted molar refractivity (Wildman–Crippen MR) is 106 cm³/mol. The van der Waals surface area contributed by atoms with Crippen molar-refractivity contribution in [3.63, 3.8) is 0 Å². The molecule has 2 aliphatic rings. The van der Waals surface area contributed by atoms with Crippen LogP contribution >= 0.6 is 0 Å². The second-order valence-electron chi connectivity index (χ2n) is 8.03. The molecule has 4 rings (SSSR count). The molecule has 27 heavy (non-hydrogen) atoms. The zero-order valence-electron chi connectivity index (χ0n) is 16.6. The number of hydrogen-bond donors (Lipinski definition) is 0. The Morgan fingerprint density at radius 2 is 1.81 bits per heavy atom. The number of rotatable bonds is 7. The number of piperidine rings is 1. The Morgan fingerprint density at radius 3 is 2.48 bits per heavy atom. The van der Waals surface area contributed by atoms with Crippen molar-refractivity contribution in [1.29, 1.82) is 0 Å². The summed E-state index contributed by atoms with van der Waals surface area (Å²) in [4.78, 5) is 7.29. The van der Waals surface area contributed by atoms with Gasteiger partial charge in [0.05, 0.1) is 14.2 Å². The molecular formula is C22H31N3O2. The monoisotopic (exact) mass is 369 g/mol. The standard InChI is InChI=1S/C22H31N3O2/c1-26-20-11-18(12-21(13-20)27-2)14-24-9-4-7-19(16-24)22-23-8-10-25(22)15-17-5-3-6-17/h8,10-13,17,19H,3-7,9,14-16H2,1-2H3/t19-/m1/s1. The Labute approximate surface area is 162 Å². The van der Waals surface area contributed by atoms with Crippen LogP contribution in [-0.2, 0) is 13.1 Å². The quantitative estimate of drug-likeness (QED) is 0.737. The van der Waals surface area contributed by atoms with Crippen molar-refractivity contribution in [2.75, 3.05) is 27.3 Å². The fraction of sp³-hybridized carbons (Fsp3) is 0.591. The maximum Gasteiger partial charge on any atom is 0.122 e. The highest BCUT2D eigenvalue weighted by Crippen LogP contribution is 2.32. The molecule has 1 aliphatic carbocycles. The lowest BCUT2D eigenvalue weighted by Crippen LogP contribution is -2.35. The lowest BCUT2D eigenvalue weighted by Gasteiger charge is -2.33. The SMILES string of the molecule is COc1cc(CN2CCC[C@@H](c3nccn3CC3CCC3)C2)cc(OC)c1. The molecule has 0 radical (unpaired) electrons. The van der Waals surface area contributed by atoms with Crippen molar-refractivity contribution >= 4 is 0 Å². The molecule has 5 heteroatoms. The summed E-state index contributed by atoms with van der Waals surface area (Å²) in [5, 5.41) is 0. The van der Waals surface area contributed by atoms with Gasteiger partial charge in [0, 0.05) is 44.0 Å². The minimum Gasteiger partial charge on any atom is -0.497 e.